The lowest BCUT2D eigenvalue weighted by molar-refractivity contribution is -0.122. The van der Waals surface area contributed by atoms with Gasteiger partial charge in [-0.3, -0.25) is 9.59 Å². The molecule has 0 spiro atoms. The van der Waals surface area contributed by atoms with E-state index in [2.05, 4.69) is 0 Å². The molecule has 1 aliphatic rings. The Morgan fingerprint density at radius 3 is 2.54 bits per heavy atom. The minimum absolute atomic E-state index is 0.120. The van der Waals surface area contributed by atoms with Crippen molar-refractivity contribution in [1.82, 2.24) is 4.90 Å². The molecule has 0 aliphatic carbocycles. The molecule has 24 heavy (non-hydrogen) atoms. The van der Waals surface area contributed by atoms with Crippen LogP contribution in [0.5, 0.6) is 5.75 Å². The summed E-state index contributed by atoms with van der Waals surface area (Å²) >= 11 is 0. The van der Waals surface area contributed by atoms with Gasteiger partial charge < -0.3 is 15.4 Å². The summed E-state index contributed by atoms with van der Waals surface area (Å²) in [7, 11) is 1.60. The van der Waals surface area contributed by atoms with Crippen molar-refractivity contribution in [2.24, 2.45) is 5.73 Å². The summed E-state index contributed by atoms with van der Waals surface area (Å²) in [6.07, 6.45) is 0.694. The topological polar surface area (TPSA) is 72.6 Å². The minimum atomic E-state index is -0.648. The molecule has 0 radical (unpaired) electrons. The van der Waals surface area contributed by atoms with Crippen LogP contribution in [0.2, 0.25) is 0 Å². The van der Waals surface area contributed by atoms with Gasteiger partial charge in [0.1, 0.15) is 11.8 Å². The molecule has 0 bridgehead atoms. The summed E-state index contributed by atoms with van der Waals surface area (Å²) in [6.45, 7) is 0.503. The van der Waals surface area contributed by atoms with E-state index in [0.717, 1.165) is 11.3 Å². The van der Waals surface area contributed by atoms with Crippen LogP contribution in [0.1, 0.15) is 28.3 Å². The van der Waals surface area contributed by atoms with Crippen LogP contribution in [-0.2, 0) is 4.79 Å². The summed E-state index contributed by atoms with van der Waals surface area (Å²) in [6, 6.07) is 15.9. The molecular formula is C19H20N2O3. The standard InChI is InChI=1S/C19H20N2O3/c1-24-15-9-5-8-14(12-15)16-10-11-21(17(16)18(20)22)19(23)13-6-3-2-4-7-13/h2-9,12,16-17H,10-11H2,1H3,(H2,20,22)/t16-,17+/m0/s1. The zero-order valence-corrected chi connectivity index (χ0v) is 13.5. The van der Waals surface area contributed by atoms with Crippen molar-refractivity contribution < 1.29 is 14.3 Å². The monoisotopic (exact) mass is 324 g/mol. The van der Waals surface area contributed by atoms with Gasteiger partial charge in [0, 0.05) is 18.0 Å². The number of methoxy groups -OCH3 is 1. The van der Waals surface area contributed by atoms with Crippen LogP contribution in [0.4, 0.5) is 0 Å². The van der Waals surface area contributed by atoms with E-state index < -0.39 is 11.9 Å². The molecule has 2 aromatic carbocycles. The summed E-state index contributed by atoms with van der Waals surface area (Å²) in [5, 5.41) is 0. The molecule has 5 nitrogen and oxygen atoms in total. The fourth-order valence-corrected chi connectivity index (χ4v) is 3.34. The highest BCUT2D eigenvalue weighted by Gasteiger charge is 2.41. The third kappa shape index (κ3) is 2.97. The Balaban J connectivity index is 1.91. The van der Waals surface area contributed by atoms with Gasteiger partial charge in [-0.25, -0.2) is 0 Å². The number of rotatable bonds is 4. The van der Waals surface area contributed by atoms with Crippen molar-refractivity contribution in [2.45, 2.75) is 18.4 Å². The van der Waals surface area contributed by atoms with Gasteiger partial charge in [0.05, 0.1) is 7.11 Å². The van der Waals surface area contributed by atoms with Crippen LogP contribution in [0.15, 0.2) is 54.6 Å². The summed E-state index contributed by atoms with van der Waals surface area (Å²) in [4.78, 5) is 26.4. The smallest absolute Gasteiger partial charge is 0.254 e. The quantitative estimate of drug-likeness (QED) is 0.937. The highest BCUT2D eigenvalue weighted by Crippen LogP contribution is 2.35. The molecule has 0 aromatic heterocycles. The Morgan fingerprint density at radius 2 is 1.88 bits per heavy atom. The predicted molar refractivity (Wildman–Crippen MR) is 90.8 cm³/mol. The average Bonchev–Trinajstić information content (AvgIpc) is 3.07. The fraction of sp³-hybridized carbons (Fsp3) is 0.263. The first-order valence-electron chi connectivity index (χ1n) is 7.91. The van der Waals surface area contributed by atoms with Gasteiger partial charge in [0.2, 0.25) is 5.91 Å². The fourth-order valence-electron chi connectivity index (χ4n) is 3.34. The maximum atomic E-state index is 12.8. The number of amides is 2. The van der Waals surface area contributed by atoms with E-state index in [9.17, 15) is 9.59 Å². The molecule has 2 atom stereocenters. The highest BCUT2D eigenvalue weighted by molar-refractivity contribution is 5.98. The SMILES string of the molecule is COc1cccc([C@@H]2CCN(C(=O)c3ccccc3)[C@H]2C(N)=O)c1. The molecule has 5 heteroatoms. The molecule has 124 valence electrons. The molecule has 2 amide bonds. The molecule has 1 aliphatic heterocycles. The number of hydrogen-bond acceptors (Lipinski definition) is 3. The first-order valence-corrected chi connectivity index (χ1v) is 7.91. The lowest BCUT2D eigenvalue weighted by atomic mass is 9.91. The molecular weight excluding hydrogens is 304 g/mol. The van der Waals surface area contributed by atoms with Crippen LogP contribution in [0.3, 0.4) is 0 Å². The third-order valence-electron chi connectivity index (χ3n) is 4.49. The van der Waals surface area contributed by atoms with Crippen molar-refractivity contribution >= 4 is 11.8 Å². The molecule has 1 fully saturated rings. The number of ether oxygens (including phenoxy) is 1. The molecule has 1 saturated heterocycles. The molecule has 0 saturated carbocycles. The Morgan fingerprint density at radius 1 is 1.12 bits per heavy atom. The van der Waals surface area contributed by atoms with Crippen LogP contribution >= 0.6 is 0 Å². The second kappa shape index (κ2) is 6.74. The molecule has 2 N–H and O–H groups in total. The van der Waals surface area contributed by atoms with Crippen molar-refractivity contribution in [3.05, 3.63) is 65.7 Å². The Labute approximate surface area is 141 Å². The van der Waals surface area contributed by atoms with Crippen LogP contribution < -0.4 is 10.5 Å². The molecule has 2 aromatic rings. The molecule has 0 unspecified atom stereocenters. The first kappa shape index (κ1) is 16.1. The van der Waals surface area contributed by atoms with E-state index in [1.807, 2.05) is 42.5 Å². The Bertz CT molecular complexity index is 745. The number of nitrogens with two attached hydrogens (primary N) is 1. The van der Waals surface area contributed by atoms with Gasteiger partial charge >= 0.3 is 0 Å². The van der Waals surface area contributed by atoms with Gasteiger partial charge in [-0.05, 0) is 36.2 Å². The maximum Gasteiger partial charge on any atom is 0.254 e. The van der Waals surface area contributed by atoms with Crippen LogP contribution in [0, 0.1) is 0 Å². The van der Waals surface area contributed by atoms with Crippen molar-refractivity contribution in [2.75, 3.05) is 13.7 Å². The second-order valence-corrected chi connectivity index (χ2v) is 5.88. The summed E-state index contributed by atoms with van der Waals surface area (Å²) in [5.41, 5.74) is 7.16. The summed E-state index contributed by atoms with van der Waals surface area (Å²) in [5.74, 6) is -0.0387. The maximum absolute atomic E-state index is 12.8. The number of hydrogen-bond donors (Lipinski definition) is 1. The lowest BCUT2D eigenvalue weighted by Crippen LogP contribution is -2.46. The number of primary amides is 1. The largest absolute Gasteiger partial charge is 0.497 e. The zero-order chi connectivity index (χ0) is 17.1. The van der Waals surface area contributed by atoms with E-state index in [4.69, 9.17) is 10.5 Å². The number of benzene rings is 2. The molecule has 3 rings (SSSR count). The number of nitrogens with zero attached hydrogens (tertiary/aromatic N) is 1. The number of carbonyl (C=O) groups is 2. The highest BCUT2D eigenvalue weighted by atomic mass is 16.5. The Kier molecular flexibility index (Phi) is 4.51. The van der Waals surface area contributed by atoms with E-state index in [0.29, 0.717) is 18.5 Å². The van der Waals surface area contributed by atoms with Crippen molar-refractivity contribution in [3.63, 3.8) is 0 Å². The van der Waals surface area contributed by atoms with Crippen molar-refractivity contribution in [1.29, 1.82) is 0 Å². The van der Waals surface area contributed by atoms with Crippen LogP contribution in [0.25, 0.3) is 0 Å². The first-order chi connectivity index (χ1) is 11.6. The van der Waals surface area contributed by atoms with Crippen LogP contribution in [-0.4, -0.2) is 36.4 Å². The van der Waals surface area contributed by atoms with E-state index >= 15 is 0 Å². The third-order valence-corrected chi connectivity index (χ3v) is 4.49. The van der Waals surface area contributed by atoms with Gasteiger partial charge in [-0.15, -0.1) is 0 Å². The normalized spacial score (nSPS) is 20.0. The van der Waals surface area contributed by atoms with Gasteiger partial charge in [-0.2, -0.15) is 0 Å². The van der Waals surface area contributed by atoms with Gasteiger partial charge in [0.25, 0.3) is 5.91 Å². The minimum Gasteiger partial charge on any atom is -0.497 e. The van der Waals surface area contributed by atoms with E-state index in [-0.39, 0.29) is 11.8 Å². The summed E-state index contributed by atoms with van der Waals surface area (Å²) < 4.78 is 5.26. The average molecular weight is 324 g/mol. The Hall–Kier alpha value is -2.82. The lowest BCUT2D eigenvalue weighted by Gasteiger charge is -2.26. The van der Waals surface area contributed by atoms with Gasteiger partial charge in [-0.1, -0.05) is 30.3 Å². The van der Waals surface area contributed by atoms with Crippen molar-refractivity contribution in [3.8, 4) is 5.75 Å². The van der Waals surface area contributed by atoms with E-state index in [1.54, 1.807) is 24.1 Å². The zero-order valence-electron chi connectivity index (χ0n) is 13.5. The number of likely N-dealkylation sites (tertiary alicyclic amines) is 1. The van der Waals surface area contributed by atoms with Gasteiger partial charge in [0.15, 0.2) is 0 Å². The predicted octanol–water partition coefficient (Wildman–Crippen LogP) is 2.18. The molecule has 1 heterocycles. The van der Waals surface area contributed by atoms with E-state index in [1.165, 1.54) is 0 Å². The second-order valence-electron chi connectivity index (χ2n) is 5.88. The number of carbonyl (C=O) groups excluding carboxylic acids is 2.